The third-order valence-corrected chi connectivity index (χ3v) is 11.0. The summed E-state index contributed by atoms with van der Waals surface area (Å²) in [7, 11) is 0. The zero-order valence-corrected chi connectivity index (χ0v) is 24.3. The standard InChI is InChI=1S/C33H28F4N6O3/c34-24-10-17-9-20(24)27-21(17)15-41(29(44)18-13-39-43(14-18)26-8-4-2-6-23(26)33(35,36)37)28(27)30(45)42-16-32(11-19(42)12-38)22-5-1-3-7-25(22)40-31(32)46/h1-8,13-14,17,19-21,24,27-28H,9-11,15-16H2,(H,40,46)/t17-,19-,20+,21+,24+,27-,28-,32-/m0/s1. The zero-order chi connectivity index (χ0) is 32.1. The highest BCUT2D eigenvalue weighted by atomic mass is 19.4. The Bertz CT molecular complexity index is 1840. The number of para-hydroxylation sites is 2. The average Bonchev–Trinajstić information content (AvgIpc) is 3.88. The molecule has 3 aromatic rings. The lowest BCUT2D eigenvalue weighted by Crippen LogP contribution is -2.53. The summed E-state index contributed by atoms with van der Waals surface area (Å²) >= 11 is 0. The van der Waals surface area contributed by atoms with Crippen molar-refractivity contribution < 1.29 is 31.9 Å². The van der Waals surface area contributed by atoms with Crippen LogP contribution in [0.5, 0.6) is 0 Å². The smallest absolute Gasteiger partial charge is 0.326 e. The number of likely N-dealkylation sites (tertiary alicyclic amines) is 2. The number of rotatable bonds is 3. The molecule has 1 aromatic heterocycles. The van der Waals surface area contributed by atoms with Crippen LogP contribution in [0.3, 0.4) is 0 Å². The molecule has 0 unspecified atom stereocenters. The first kappa shape index (κ1) is 28.7. The lowest BCUT2D eigenvalue weighted by Gasteiger charge is -2.35. The van der Waals surface area contributed by atoms with E-state index in [2.05, 4.69) is 16.5 Å². The molecule has 2 bridgehead atoms. The Balaban J connectivity index is 1.15. The second kappa shape index (κ2) is 9.88. The number of hydrogen-bond acceptors (Lipinski definition) is 5. The fourth-order valence-electron chi connectivity index (χ4n) is 9.03. The Kier molecular flexibility index (Phi) is 6.17. The van der Waals surface area contributed by atoms with E-state index < -0.39 is 59.1 Å². The van der Waals surface area contributed by atoms with Crippen molar-refractivity contribution in [2.75, 3.05) is 18.4 Å². The molecular formula is C33H28F4N6O3. The Morgan fingerprint density at radius 1 is 1.04 bits per heavy atom. The number of nitrogens with zero attached hydrogens (tertiary/aromatic N) is 5. The minimum atomic E-state index is -4.65. The highest BCUT2D eigenvalue weighted by Gasteiger charge is 2.65. The van der Waals surface area contributed by atoms with Crippen molar-refractivity contribution in [1.82, 2.24) is 19.6 Å². The molecule has 2 aromatic carbocycles. The number of alkyl halides is 4. The number of carbonyl (C=O) groups excluding carboxylic acids is 3. The maximum Gasteiger partial charge on any atom is 0.418 e. The maximum absolute atomic E-state index is 15.2. The van der Waals surface area contributed by atoms with Gasteiger partial charge in [-0.2, -0.15) is 23.5 Å². The van der Waals surface area contributed by atoms with Gasteiger partial charge in [0.1, 0.15) is 18.3 Å². The first-order valence-electron chi connectivity index (χ1n) is 15.3. The van der Waals surface area contributed by atoms with Gasteiger partial charge in [-0.3, -0.25) is 14.4 Å². The van der Waals surface area contributed by atoms with Crippen LogP contribution in [-0.2, 0) is 21.2 Å². The number of nitrogens with one attached hydrogen (secondary N) is 1. The van der Waals surface area contributed by atoms with Crippen molar-refractivity contribution in [3.63, 3.8) is 0 Å². The van der Waals surface area contributed by atoms with Gasteiger partial charge in [-0.25, -0.2) is 9.07 Å². The van der Waals surface area contributed by atoms with E-state index in [0.29, 0.717) is 24.1 Å². The molecule has 3 amide bonds. The molecule has 236 valence electrons. The van der Waals surface area contributed by atoms with Gasteiger partial charge >= 0.3 is 6.18 Å². The lowest BCUT2D eigenvalue weighted by molar-refractivity contribution is -0.138. The summed E-state index contributed by atoms with van der Waals surface area (Å²) in [5.74, 6) is -2.49. The van der Waals surface area contributed by atoms with E-state index in [1.807, 2.05) is 0 Å². The van der Waals surface area contributed by atoms with Crippen LogP contribution >= 0.6 is 0 Å². The van der Waals surface area contributed by atoms with Crippen molar-refractivity contribution in [1.29, 1.82) is 5.26 Å². The highest BCUT2D eigenvalue weighted by molar-refractivity contribution is 6.07. The number of nitriles is 1. The molecule has 8 atom stereocenters. The van der Waals surface area contributed by atoms with E-state index in [0.717, 1.165) is 10.7 Å². The number of aromatic nitrogens is 2. The molecule has 1 spiro atoms. The van der Waals surface area contributed by atoms with Crippen LogP contribution in [0, 0.1) is 35.0 Å². The minimum absolute atomic E-state index is 0.0105. The van der Waals surface area contributed by atoms with E-state index in [4.69, 9.17) is 0 Å². The fraction of sp³-hybridized carbons (Fsp3) is 0.424. The average molecular weight is 633 g/mol. The Labute approximate surface area is 260 Å². The number of fused-ring (bicyclic) bond motifs is 7. The molecule has 2 saturated carbocycles. The van der Waals surface area contributed by atoms with Crippen molar-refractivity contribution in [3.05, 3.63) is 77.6 Å². The predicted molar refractivity (Wildman–Crippen MR) is 154 cm³/mol. The van der Waals surface area contributed by atoms with E-state index in [-0.39, 0.29) is 48.5 Å². The number of hydrogen-bond donors (Lipinski definition) is 1. The van der Waals surface area contributed by atoms with Crippen molar-refractivity contribution in [2.45, 2.75) is 49.1 Å². The van der Waals surface area contributed by atoms with Gasteiger partial charge in [0.05, 0.1) is 34.5 Å². The third kappa shape index (κ3) is 3.98. The summed E-state index contributed by atoms with van der Waals surface area (Å²) in [6, 6.07) is 12.1. The summed E-state index contributed by atoms with van der Waals surface area (Å²) in [5.41, 5.74) is -1.01. The molecule has 0 radical (unpaired) electrons. The Morgan fingerprint density at radius 2 is 1.80 bits per heavy atom. The zero-order valence-electron chi connectivity index (χ0n) is 24.3. The van der Waals surface area contributed by atoms with Crippen LogP contribution in [-0.4, -0.2) is 68.6 Å². The van der Waals surface area contributed by atoms with Crippen molar-refractivity contribution >= 4 is 23.4 Å². The summed E-state index contributed by atoms with van der Waals surface area (Å²) in [5, 5.41) is 17.1. The second-order valence-electron chi connectivity index (χ2n) is 13.1. The van der Waals surface area contributed by atoms with Crippen LogP contribution in [0.4, 0.5) is 23.2 Å². The van der Waals surface area contributed by atoms with Gasteiger partial charge in [-0.05, 0) is 60.3 Å². The van der Waals surface area contributed by atoms with Crippen molar-refractivity contribution in [2.24, 2.45) is 23.7 Å². The van der Waals surface area contributed by atoms with Crippen LogP contribution in [0.15, 0.2) is 60.9 Å². The largest absolute Gasteiger partial charge is 0.418 e. The normalized spacial score (nSPS) is 32.5. The second-order valence-corrected chi connectivity index (χ2v) is 13.1. The highest BCUT2D eigenvalue weighted by Crippen LogP contribution is 2.59. The lowest BCUT2D eigenvalue weighted by atomic mass is 9.77. The van der Waals surface area contributed by atoms with Gasteiger partial charge in [-0.1, -0.05) is 30.3 Å². The van der Waals surface area contributed by atoms with Gasteiger partial charge in [-0.15, -0.1) is 0 Å². The van der Waals surface area contributed by atoms with E-state index in [1.54, 1.807) is 24.3 Å². The summed E-state index contributed by atoms with van der Waals surface area (Å²) < 4.78 is 57.3. The number of carbonyl (C=O) groups is 3. The molecule has 8 rings (SSSR count). The molecule has 46 heavy (non-hydrogen) atoms. The van der Waals surface area contributed by atoms with Crippen LogP contribution in [0.25, 0.3) is 5.69 Å². The predicted octanol–water partition coefficient (Wildman–Crippen LogP) is 4.34. The number of benzene rings is 2. The first-order valence-corrected chi connectivity index (χ1v) is 15.3. The Morgan fingerprint density at radius 3 is 2.59 bits per heavy atom. The molecule has 9 nitrogen and oxygen atoms in total. The summed E-state index contributed by atoms with van der Waals surface area (Å²) in [4.78, 5) is 44.8. The molecular weight excluding hydrogens is 604 g/mol. The van der Waals surface area contributed by atoms with Gasteiger partial charge in [0.25, 0.3) is 5.91 Å². The third-order valence-electron chi connectivity index (χ3n) is 11.0. The summed E-state index contributed by atoms with van der Waals surface area (Å²) in [6.07, 6.45) is -2.36. The number of anilines is 1. The topological polar surface area (TPSA) is 111 Å². The quantitative estimate of drug-likeness (QED) is 0.432. The molecule has 13 heteroatoms. The SMILES string of the molecule is N#C[C@@H]1C[C@@]2(CN1C(=O)[C@@H]1[C@@H]3[C@H](CN1C(=O)c1cnn(-c4ccccc4C(F)(F)F)c1)[C@H]1C[C@@H]3[C@H](F)C1)C(=O)Nc1ccccc12. The minimum Gasteiger partial charge on any atom is -0.326 e. The molecule has 4 fully saturated rings. The molecule has 2 saturated heterocycles. The van der Waals surface area contributed by atoms with E-state index in [1.165, 1.54) is 40.4 Å². The Hall–Kier alpha value is -4.73. The van der Waals surface area contributed by atoms with Gasteiger partial charge < -0.3 is 15.1 Å². The number of halogens is 4. The maximum atomic E-state index is 15.2. The van der Waals surface area contributed by atoms with Gasteiger partial charge in [0.15, 0.2) is 0 Å². The number of amides is 3. The molecule has 4 heterocycles. The fourth-order valence-corrected chi connectivity index (χ4v) is 9.03. The van der Waals surface area contributed by atoms with Gasteiger partial charge in [0, 0.05) is 31.4 Å². The molecule has 5 aliphatic rings. The molecule has 1 N–H and O–H groups in total. The summed E-state index contributed by atoms with van der Waals surface area (Å²) in [6.45, 7) is 0.111. The van der Waals surface area contributed by atoms with Crippen LogP contribution in [0.1, 0.15) is 40.7 Å². The molecule has 2 aliphatic carbocycles. The molecule has 3 aliphatic heterocycles. The van der Waals surface area contributed by atoms with Crippen molar-refractivity contribution in [3.8, 4) is 11.8 Å². The van der Waals surface area contributed by atoms with Gasteiger partial charge in [0.2, 0.25) is 11.8 Å². The van der Waals surface area contributed by atoms with Crippen LogP contribution in [0.2, 0.25) is 0 Å². The first-order chi connectivity index (χ1) is 22.0. The van der Waals surface area contributed by atoms with E-state index in [9.17, 15) is 32.8 Å². The van der Waals surface area contributed by atoms with E-state index >= 15 is 4.39 Å². The van der Waals surface area contributed by atoms with Crippen LogP contribution < -0.4 is 5.32 Å². The monoisotopic (exact) mass is 632 g/mol.